The fourth-order valence-electron chi connectivity index (χ4n) is 5.91. The maximum atomic E-state index is 9.70. The third-order valence-electron chi connectivity index (χ3n) is 7.66. The highest BCUT2D eigenvalue weighted by atomic mass is 31.2. The number of nitrogens with one attached hydrogen (secondary N) is 2. The van der Waals surface area contributed by atoms with Gasteiger partial charge in [0.1, 0.15) is 0 Å². The van der Waals surface area contributed by atoms with E-state index in [-0.39, 0.29) is 6.61 Å². The molecule has 0 heterocycles. The van der Waals surface area contributed by atoms with E-state index in [0.29, 0.717) is 0 Å². The Hall–Kier alpha value is 0.0300. The highest BCUT2D eigenvalue weighted by Crippen LogP contribution is 2.35. The summed E-state index contributed by atoms with van der Waals surface area (Å²) in [5.74, 6) is 0. The lowest BCUT2D eigenvalue weighted by Gasteiger charge is -2.30. The molecule has 0 aromatic heterocycles. The van der Waals surface area contributed by atoms with Gasteiger partial charge in [-0.15, -0.1) is 0 Å². The smallest absolute Gasteiger partial charge is 0.311 e. The molecule has 4 rings (SSSR count). The van der Waals surface area contributed by atoms with Crippen LogP contribution in [0.3, 0.4) is 0 Å². The first-order valence-corrected chi connectivity index (χ1v) is 15.7. The Morgan fingerprint density at radius 2 is 0.818 bits per heavy atom. The molecule has 0 bridgehead atoms. The van der Waals surface area contributed by atoms with Crippen LogP contribution in [0.15, 0.2) is 0 Å². The number of rotatable bonds is 6. The zero-order valence-corrected chi connectivity index (χ0v) is 22.2. The Labute approximate surface area is 203 Å². The topological polar surface area (TPSA) is 90.8 Å². The van der Waals surface area contributed by atoms with Gasteiger partial charge in [-0.3, -0.25) is 4.52 Å². The molecule has 0 amide bonds. The predicted octanol–water partition coefficient (Wildman–Crippen LogP) is 6.60. The van der Waals surface area contributed by atoms with Crippen LogP contribution in [0.25, 0.3) is 0 Å². The predicted molar refractivity (Wildman–Crippen MR) is 137 cm³/mol. The van der Waals surface area contributed by atoms with Gasteiger partial charge in [0, 0.05) is 24.2 Å². The summed E-state index contributed by atoms with van der Waals surface area (Å²) in [6.07, 6.45) is 29.1. The Kier molecular flexibility index (Phi) is 15.5. The summed E-state index contributed by atoms with van der Waals surface area (Å²) in [7, 11) is -4.17. The minimum Gasteiger partial charge on any atom is -0.311 e. The van der Waals surface area contributed by atoms with E-state index >= 15 is 0 Å². The monoisotopic (exact) mass is 488 g/mol. The van der Waals surface area contributed by atoms with Gasteiger partial charge in [0.05, 0.1) is 6.61 Å². The molecule has 4 aliphatic rings. The van der Waals surface area contributed by atoms with Gasteiger partial charge in [-0.25, -0.2) is 4.57 Å². The van der Waals surface area contributed by atoms with E-state index < -0.39 is 7.82 Å². The molecule has 196 valence electrons. The first kappa shape index (κ1) is 29.3. The molecule has 4 saturated carbocycles. The molecule has 0 aromatic carbocycles. The lowest BCUT2D eigenvalue weighted by atomic mass is 9.91. The highest BCUT2D eigenvalue weighted by Gasteiger charge is 2.20. The van der Waals surface area contributed by atoms with Crippen LogP contribution in [0.1, 0.15) is 135 Å². The van der Waals surface area contributed by atoms with Crippen LogP contribution in [0.2, 0.25) is 0 Å². The molecule has 7 heteroatoms. The van der Waals surface area contributed by atoms with Crippen molar-refractivity contribution >= 4 is 7.82 Å². The Morgan fingerprint density at radius 1 is 0.576 bits per heavy atom. The maximum Gasteiger partial charge on any atom is 0.469 e. The summed E-state index contributed by atoms with van der Waals surface area (Å²) >= 11 is 0. The maximum absolute atomic E-state index is 9.70. The van der Waals surface area contributed by atoms with Crippen molar-refractivity contribution in [3.05, 3.63) is 0 Å². The van der Waals surface area contributed by atoms with Gasteiger partial charge in [-0.1, -0.05) is 77.0 Å². The second-order valence-corrected chi connectivity index (χ2v) is 11.8. The van der Waals surface area contributed by atoms with Gasteiger partial charge >= 0.3 is 7.82 Å². The molecule has 0 aliphatic heterocycles. The van der Waals surface area contributed by atoms with Crippen molar-refractivity contribution < 1.29 is 18.9 Å². The summed E-state index contributed by atoms with van der Waals surface area (Å²) in [5, 5.41) is 7.72. The zero-order valence-electron chi connectivity index (χ0n) is 21.3. The Balaban J connectivity index is 0.000000185. The number of phosphoric ester groups is 1. The van der Waals surface area contributed by atoms with Crippen molar-refractivity contribution in [3.63, 3.8) is 0 Å². The van der Waals surface area contributed by atoms with Crippen LogP contribution < -0.4 is 10.6 Å². The van der Waals surface area contributed by atoms with Gasteiger partial charge in [-0.05, 0) is 58.3 Å². The van der Waals surface area contributed by atoms with E-state index in [1.54, 1.807) is 0 Å². The SMILES string of the molecule is C1CCC(NC2CCCCC2)CC1.C1CCC(NC2CCCCC2)CC1.CCOP(=O)(O)O. The summed E-state index contributed by atoms with van der Waals surface area (Å²) in [4.78, 5) is 15.8. The Bertz CT molecular complexity index is 440. The van der Waals surface area contributed by atoms with Gasteiger partial charge < -0.3 is 20.4 Å². The van der Waals surface area contributed by atoms with Crippen molar-refractivity contribution in [1.29, 1.82) is 0 Å². The van der Waals surface area contributed by atoms with E-state index in [1.807, 2.05) is 0 Å². The quantitative estimate of drug-likeness (QED) is 0.315. The minimum atomic E-state index is -4.17. The van der Waals surface area contributed by atoms with Crippen molar-refractivity contribution in [2.24, 2.45) is 0 Å². The summed E-state index contributed by atoms with van der Waals surface area (Å²) < 4.78 is 13.6. The van der Waals surface area contributed by atoms with Gasteiger partial charge in [0.25, 0.3) is 0 Å². The minimum absolute atomic E-state index is 0.0459. The molecular weight excluding hydrogens is 435 g/mol. The van der Waals surface area contributed by atoms with E-state index in [1.165, 1.54) is 135 Å². The third kappa shape index (κ3) is 14.9. The van der Waals surface area contributed by atoms with Crippen LogP contribution in [-0.2, 0) is 9.09 Å². The normalized spacial score (nSPS) is 24.3. The fourth-order valence-corrected chi connectivity index (χ4v) is 6.25. The first-order chi connectivity index (χ1) is 16.0. The lowest BCUT2D eigenvalue weighted by Crippen LogP contribution is -2.40. The molecule has 0 aromatic rings. The third-order valence-corrected chi connectivity index (χ3v) is 8.26. The largest absolute Gasteiger partial charge is 0.469 e. The summed E-state index contributed by atoms with van der Waals surface area (Å²) in [6, 6.07) is 3.49. The van der Waals surface area contributed by atoms with Crippen LogP contribution in [0.4, 0.5) is 0 Å². The standard InChI is InChI=1S/2C12H23N.C2H7O4P/c2*1-3-7-11(8-4-1)13-12-9-5-2-6-10-12;1-2-6-7(3,4)5/h2*11-13H,1-10H2;2H2,1H3,(H2,3,4,5). The van der Waals surface area contributed by atoms with E-state index in [0.717, 1.165) is 24.2 Å². The lowest BCUT2D eigenvalue weighted by molar-refractivity contribution is 0.206. The van der Waals surface area contributed by atoms with Crippen molar-refractivity contribution in [2.45, 2.75) is 160 Å². The van der Waals surface area contributed by atoms with Gasteiger partial charge in [0.2, 0.25) is 0 Å². The number of phosphoric acid groups is 1. The second-order valence-electron chi connectivity index (χ2n) is 10.6. The summed E-state index contributed by atoms with van der Waals surface area (Å²) in [6.45, 7) is 1.56. The fraction of sp³-hybridized carbons (Fsp3) is 1.00. The highest BCUT2D eigenvalue weighted by molar-refractivity contribution is 7.46. The van der Waals surface area contributed by atoms with Crippen LogP contribution >= 0.6 is 7.82 Å². The van der Waals surface area contributed by atoms with Crippen molar-refractivity contribution in [2.75, 3.05) is 6.61 Å². The number of hydrogen-bond acceptors (Lipinski definition) is 4. The van der Waals surface area contributed by atoms with Crippen LogP contribution in [0.5, 0.6) is 0 Å². The molecule has 6 nitrogen and oxygen atoms in total. The van der Waals surface area contributed by atoms with Gasteiger partial charge in [-0.2, -0.15) is 0 Å². The van der Waals surface area contributed by atoms with Crippen LogP contribution in [0, 0.1) is 0 Å². The molecule has 4 aliphatic carbocycles. The Morgan fingerprint density at radius 3 is 0.970 bits per heavy atom. The molecule has 4 N–H and O–H groups in total. The average Bonchev–Trinajstić information content (AvgIpc) is 2.82. The molecule has 0 unspecified atom stereocenters. The molecule has 4 fully saturated rings. The first-order valence-electron chi connectivity index (χ1n) is 14.2. The molecule has 0 atom stereocenters. The van der Waals surface area contributed by atoms with E-state index in [9.17, 15) is 4.57 Å². The second kappa shape index (κ2) is 17.5. The van der Waals surface area contributed by atoms with Crippen LogP contribution in [-0.4, -0.2) is 40.6 Å². The molecular formula is C26H53N2O4P. The van der Waals surface area contributed by atoms with Gasteiger partial charge in [0.15, 0.2) is 0 Å². The van der Waals surface area contributed by atoms with E-state index in [4.69, 9.17) is 9.79 Å². The van der Waals surface area contributed by atoms with E-state index in [2.05, 4.69) is 15.2 Å². The molecule has 33 heavy (non-hydrogen) atoms. The number of hydrogen-bond donors (Lipinski definition) is 4. The van der Waals surface area contributed by atoms with Crippen molar-refractivity contribution in [1.82, 2.24) is 10.6 Å². The zero-order chi connectivity index (χ0) is 23.8. The average molecular weight is 489 g/mol. The summed E-state index contributed by atoms with van der Waals surface area (Å²) in [5.41, 5.74) is 0. The molecule has 0 saturated heterocycles. The molecule has 0 spiro atoms. The molecule has 0 radical (unpaired) electrons. The van der Waals surface area contributed by atoms with Crippen molar-refractivity contribution in [3.8, 4) is 0 Å².